The van der Waals surface area contributed by atoms with Crippen LogP contribution >= 0.6 is 0 Å². The lowest BCUT2D eigenvalue weighted by atomic mass is 9.75. The van der Waals surface area contributed by atoms with Crippen molar-refractivity contribution in [3.05, 3.63) is 120 Å². The first-order valence-electron chi connectivity index (χ1n) is 13.8. The molecular formula is C35H27F3N2O4. The Morgan fingerprint density at radius 2 is 1.11 bits per heavy atom. The first-order chi connectivity index (χ1) is 21.0. The Morgan fingerprint density at radius 1 is 0.682 bits per heavy atom. The second-order valence-electron chi connectivity index (χ2n) is 10.7. The third-order valence-electron chi connectivity index (χ3n) is 7.88. The van der Waals surface area contributed by atoms with Gasteiger partial charge < -0.3 is 19.0 Å². The van der Waals surface area contributed by atoms with Crippen molar-refractivity contribution in [2.75, 3.05) is 0 Å². The van der Waals surface area contributed by atoms with Gasteiger partial charge in [0, 0.05) is 11.1 Å². The Bertz CT molecular complexity index is 1920. The summed E-state index contributed by atoms with van der Waals surface area (Å²) in [4.78, 5) is 8.97. The molecule has 6 rings (SSSR count). The number of fused-ring (bicyclic) bond motifs is 2. The van der Waals surface area contributed by atoms with Crippen LogP contribution in [0.4, 0.5) is 13.2 Å². The number of phenolic OH excluding ortho intramolecular Hbond substituents is 2. The largest absolute Gasteiger partial charge is 0.508 e. The van der Waals surface area contributed by atoms with E-state index in [4.69, 9.17) is 8.83 Å². The van der Waals surface area contributed by atoms with Crippen molar-refractivity contribution >= 4 is 22.2 Å². The average molecular weight is 597 g/mol. The summed E-state index contributed by atoms with van der Waals surface area (Å²) in [6.07, 6.45) is -0.520. The van der Waals surface area contributed by atoms with Crippen molar-refractivity contribution in [3.8, 4) is 34.4 Å². The van der Waals surface area contributed by atoms with Crippen LogP contribution in [0.15, 0.2) is 107 Å². The summed E-state index contributed by atoms with van der Waals surface area (Å²) in [5, 5.41) is 20.2. The number of halogens is 3. The molecule has 9 heteroatoms. The van der Waals surface area contributed by atoms with Gasteiger partial charge in [0.1, 0.15) is 27.9 Å². The van der Waals surface area contributed by atoms with Crippen LogP contribution in [0.25, 0.3) is 45.1 Å². The van der Waals surface area contributed by atoms with Crippen molar-refractivity contribution < 1.29 is 32.2 Å². The summed E-state index contributed by atoms with van der Waals surface area (Å²) in [6.45, 7) is 8.51. The number of rotatable bonds is 8. The first-order valence-corrected chi connectivity index (χ1v) is 13.8. The number of benzene rings is 4. The van der Waals surface area contributed by atoms with E-state index in [-0.39, 0.29) is 45.4 Å². The highest BCUT2D eigenvalue weighted by atomic mass is 19.4. The number of alkyl halides is 3. The van der Waals surface area contributed by atoms with E-state index in [1.54, 1.807) is 36.4 Å². The Hall–Kier alpha value is -5.31. The minimum atomic E-state index is -4.68. The smallest absolute Gasteiger partial charge is 0.402 e. The van der Waals surface area contributed by atoms with Gasteiger partial charge in [0.25, 0.3) is 0 Å². The van der Waals surface area contributed by atoms with E-state index in [1.165, 1.54) is 48.5 Å². The molecule has 2 heterocycles. The molecule has 0 saturated carbocycles. The van der Waals surface area contributed by atoms with Crippen LogP contribution < -0.4 is 0 Å². The number of nitrogens with zero attached hydrogens (tertiary/aromatic N) is 2. The molecule has 0 bridgehead atoms. The maximum Gasteiger partial charge on any atom is 0.402 e. The molecule has 6 aromatic rings. The van der Waals surface area contributed by atoms with Gasteiger partial charge in [-0.05, 0) is 103 Å². The van der Waals surface area contributed by atoms with Gasteiger partial charge in [-0.15, -0.1) is 13.2 Å². The third-order valence-corrected chi connectivity index (χ3v) is 7.88. The number of oxazole rings is 2. The zero-order chi connectivity index (χ0) is 31.2. The summed E-state index contributed by atoms with van der Waals surface area (Å²) in [7, 11) is 0. The predicted molar refractivity (Wildman–Crippen MR) is 163 cm³/mol. The molecule has 0 aliphatic heterocycles. The Balaban J connectivity index is 1.41. The number of aromatic hydroxyl groups is 2. The van der Waals surface area contributed by atoms with Gasteiger partial charge in [-0.1, -0.05) is 24.3 Å². The molecule has 2 N–H and O–H groups in total. The highest BCUT2D eigenvalue weighted by Gasteiger charge is 2.53. The fourth-order valence-electron chi connectivity index (χ4n) is 5.29. The second kappa shape index (κ2) is 10.8. The molecule has 222 valence electrons. The molecule has 0 atom stereocenters. The number of allylic oxidation sites excluding steroid dienone is 2. The molecule has 2 aromatic heterocycles. The van der Waals surface area contributed by atoms with Gasteiger partial charge >= 0.3 is 6.18 Å². The van der Waals surface area contributed by atoms with E-state index in [2.05, 4.69) is 23.1 Å². The van der Waals surface area contributed by atoms with Crippen molar-refractivity contribution in [3.63, 3.8) is 0 Å². The minimum Gasteiger partial charge on any atom is -0.508 e. The second-order valence-corrected chi connectivity index (χ2v) is 10.7. The number of hydrogen-bond acceptors (Lipinski definition) is 6. The van der Waals surface area contributed by atoms with E-state index in [1.807, 2.05) is 0 Å². The monoisotopic (exact) mass is 596 g/mol. The quantitative estimate of drug-likeness (QED) is 0.170. The van der Waals surface area contributed by atoms with Crippen LogP contribution in [0.5, 0.6) is 11.5 Å². The van der Waals surface area contributed by atoms with Crippen LogP contribution in [0.2, 0.25) is 0 Å². The van der Waals surface area contributed by atoms with Crippen LogP contribution in [-0.4, -0.2) is 26.4 Å². The number of phenols is 2. The Morgan fingerprint density at radius 3 is 1.50 bits per heavy atom. The first kappa shape index (κ1) is 28.8. The lowest BCUT2D eigenvalue weighted by molar-refractivity contribution is -0.173. The van der Waals surface area contributed by atoms with Crippen LogP contribution in [0, 0.1) is 0 Å². The number of hydrogen-bond donors (Lipinski definition) is 2. The normalized spacial score (nSPS) is 12.2. The molecular weight excluding hydrogens is 569 g/mol. The third kappa shape index (κ3) is 4.90. The van der Waals surface area contributed by atoms with Crippen LogP contribution in [-0.2, 0) is 18.3 Å². The van der Waals surface area contributed by atoms with Crippen molar-refractivity contribution in [2.24, 2.45) is 0 Å². The van der Waals surface area contributed by atoms with Crippen LogP contribution in [0.3, 0.4) is 0 Å². The van der Waals surface area contributed by atoms with Crippen molar-refractivity contribution in [2.45, 2.75) is 31.4 Å². The number of aromatic nitrogens is 2. The molecule has 0 amide bonds. The standard InChI is InChI=1S/C35H27F3N2O4/c1-4-6-20-16-22(8-12-28(20)41)32-39-26-18-24(10-14-30(26)43-32)34(3,35(36,37)38)25-11-15-31-27(19-25)40-33(44-31)23-9-13-29(42)21(17-23)7-5-2/h4-5,8-19,41-42H,1-2,6-7H2,3H3. The molecule has 4 aromatic carbocycles. The molecule has 44 heavy (non-hydrogen) atoms. The van der Waals surface area contributed by atoms with Gasteiger partial charge in [0.05, 0.1) is 0 Å². The van der Waals surface area contributed by atoms with E-state index >= 15 is 0 Å². The maximum absolute atomic E-state index is 15.0. The average Bonchev–Trinajstić information content (AvgIpc) is 3.62. The molecule has 0 fully saturated rings. The Kier molecular flexibility index (Phi) is 7.04. The van der Waals surface area contributed by atoms with Crippen LogP contribution in [0.1, 0.15) is 29.2 Å². The summed E-state index contributed by atoms with van der Waals surface area (Å²) in [5.74, 6) is 0.644. The van der Waals surface area contributed by atoms with Gasteiger partial charge in [-0.2, -0.15) is 13.2 Å². The summed E-state index contributed by atoms with van der Waals surface area (Å²) >= 11 is 0. The van der Waals surface area contributed by atoms with Gasteiger partial charge in [0.15, 0.2) is 11.2 Å². The minimum absolute atomic E-state index is 0.0222. The maximum atomic E-state index is 15.0. The van der Waals surface area contributed by atoms with E-state index in [0.29, 0.717) is 46.3 Å². The fraction of sp³-hybridized carbons (Fsp3) is 0.143. The zero-order valence-corrected chi connectivity index (χ0v) is 23.7. The summed E-state index contributed by atoms with van der Waals surface area (Å²) in [5.41, 5.74) is 1.12. The lowest BCUT2D eigenvalue weighted by Crippen LogP contribution is -2.40. The summed E-state index contributed by atoms with van der Waals surface area (Å²) < 4.78 is 56.7. The fourth-order valence-corrected chi connectivity index (χ4v) is 5.29. The molecule has 0 spiro atoms. The summed E-state index contributed by atoms with van der Waals surface area (Å²) in [6, 6.07) is 18.2. The molecule has 0 aliphatic rings. The highest BCUT2D eigenvalue weighted by molar-refractivity contribution is 5.80. The van der Waals surface area contributed by atoms with Gasteiger partial charge in [-0.25, -0.2) is 9.97 Å². The molecule has 0 unspecified atom stereocenters. The van der Waals surface area contributed by atoms with E-state index in [0.717, 1.165) is 6.92 Å². The topological polar surface area (TPSA) is 92.5 Å². The SMILES string of the molecule is C=CCc1cc(-c2nc3cc(C(C)(c4ccc5oc(-c6ccc(O)c(CC=C)c6)nc5c4)C(F)(F)F)ccc3o2)ccc1O. The molecule has 0 saturated heterocycles. The predicted octanol–water partition coefficient (Wildman–Crippen LogP) is 9.04. The van der Waals surface area contributed by atoms with Crippen molar-refractivity contribution in [1.82, 2.24) is 9.97 Å². The van der Waals surface area contributed by atoms with E-state index in [9.17, 15) is 23.4 Å². The molecule has 0 aliphatic carbocycles. The molecule has 6 nitrogen and oxygen atoms in total. The Labute approximate surface area is 250 Å². The van der Waals surface area contributed by atoms with Gasteiger partial charge in [0.2, 0.25) is 11.8 Å². The van der Waals surface area contributed by atoms with Gasteiger partial charge in [-0.3, -0.25) is 0 Å². The molecule has 0 radical (unpaired) electrons. The van der Waals surface area contributed by atoms with E-state index < -0.39 is 11.6 Å². The zero-order valence-electron chi connectivity index (χ0n) is 23.7. The highest BCUT2D eigenvalue weighted by Crippen LogP contribution is 2.47. The lowest BCUT2D eigenvalue weighted by Gasteiger charge is -2.33. The van der Waals surface area contributed by atoms with Crippen molar-refractivity contribution in [1.29, 1.82) is 0 Å².